The average molecular weight is 617 g/mol. The standard InChI is InChI=1S/C35H36O6S2/c1-7-13-27-23-29(19-21-31(27)40-42(36,37)33-17-11-9-15-25(33)3)35(5,6)30-20-22-32(28(24-30)14-8-2)41-43(38,39)34-18-12-10-16-26(34)4/h7-24H,1-6H3. The van der Waals surface area contributed by atoms with Crippen molar-refractivity contribution in [1.29, 1.82) is 0 Å². The lowest BCUT2D eigenvalue weighted by Crippen LogP contribution is -2.20. The molecule has 0 radical (unpaired) electrons. The lowest BCUT2D eigenvalue weighted by atomic mass is 9.77. The molecule has 0 aliphatic rings. The van der Waals surface area contributed by atoms with Crippen molar-refractivity contribution in [3.05, 3.63) is 130 Å². The van der Waals surface area contributed by atoms with E-state index in [0.717, 1.165) is 11.1 Å². The van der Waals surface area contributed by atoms with Crippen LogP contribution in [-0.4, -0.2) is 16.8 Å². The first kappa shape index (κ1) is 31.8. The molecule has 4 aromatic carbocycles. The second kappa shape index (κ2) is 12.6. The molecule has 0 saturated heterocycles. The van der Waals surface area contributed by atoms with Gasteiger partial charge in [0, 0.05) is 16.5 Å². The van der Waals surface area contributed by atoms with Crippen LogP contribution in [0.2, 0.25) is 0 Å². The van der Waals surface area contributed by atoms with Crippen molar-refractivity contribution in [2.45, 2.75) is 56.7 Å². The first-order chi connectivity index (χ1) is 20.3. The quantitative estimate of drug-likeness (QED) is 0.167. The van der Waals surface area contributed by atoms with Crippen LogP contribution in [0, 0.1) is 13.8 Å². The molecule has 8 heteroatoms. The number of aryl methyl sites for hydroxylation is 2. The Morgan fingerprint density at radius 2 is 0.953 bits per heavy atom. The van der Waals surface area contributed by atoms with Crippen molar-refractivity contribution in [2.24, 2.45) is 0 Å². The fourth-order valence-corrected chi connectivity index (χ4v) is 7.18. The van der Waals surface area contributed by atoms with E-state index in [2.05, 4.69) is 0 Å². The Hall–Kier alpha value is -4.14. The number of rotatable bonds is 10. The Labute approximate surface area is 255 Å². The predicted octanol–water partition coefficient (Wildman–Crippen LogP) is 8.23. The largest absolute Gasteiger partial charge is 0.378 e. The van der Waals surface area contributed by atoms with Gasteiger partial charge in [0.1, 0.15) is 21.3 Å². The van der Waals surface area contributed by atoms with Gasteiger partial charge in [-0.2, -0.15) is 16.8 Å². The minimum Gasteiger partial charge on any atom is -0.378 e. The van der Waals surface area contributed by atoms with E-state index in [9.17, 15) is 16.8 Å². The van der Waals surface area contributed by atoms with E-state index in [1.165, 1.54) is 12.1 Å². The SMILES string of the molecule is CC=Cc1cc(C(C)(C)c2ccc(OS(=O)(=O)c3ccccc3C)c(C=CC)c2)ccc1OS(=O)(=O)c1ccccc1C. The molecule has 224 valence electrons. The van der Waals surface area contributed by atoms with Gasteiger partial charge in [-0.25, -0.2) is 0 Å². The van der Waals surface area contributed by atoms with Gasteiger partial charge in [0.2, 0.25) is 0 Å². The summed E-state index contributed by atoms with van der Waals surface area (Å²) in [5.41, 5.74) is 3.70. The highest BCUT2D eigenvalue weighted by molar-refractivity contribution is 7.87. The van der Waals surface area contributed by atoms with E-state index < -0.39 is 25.7 Å². The molecule has 4 aromatic rings. The summed E-state index contributed by atoms with van der Waals surface area (Å²) in [7, 11) is -8.09. The maximum Gasteiger partial charge on any atom is 0.339 e. The van der Waals surface area contributed by atoms with Crippen LogP contribution < -0.4 is 8.37 Å². The maximum atomic E-state index is 13.1. The summed E-state index contributed by atoms with van der Waals surface area (Å²) in [5.74, 6) is 0.446. The number of benzene rings is 4. The molecule has 0 unspecified atom stereocenters. The summed E-state index contributed by atoms with van der Waals surface area (Å²) in [6.07, 6.45) is 7.26. The highest BCUT2D eigenvalue weighted by Crippen LogP contribution is 2.38. The fraction of sp³-hybridized carbons (Fsp3) is 0.200. The van der Waals surface area contributed by atoms with Crippen LogP contribution in [0.25, 0.3) is 12.2 Å². The summed E-state index contributed by atoms with van der Waals surface area (Å²) in [6.45, 7) is 11.3. The van der Waals surface area contributed by atoms with E-state index in [1.807, 2.05) is 64.1 Å². The van der Waals surface area contributed by atoms with Crippen LogP contribution in [0.4, 0.5) is 0 Å². The molecule has 0 fully saturated rings. The zero-order valence-corrected chi connectivity index (χ0v) is 26.8. The minimum atomic E-state index is -4.04. The van der Waals surface area contributed by atoms with Crippen molar-refractivity contribution in [2.75, 3.05) is 0 Å². The third-order valence-corrected chi connectivity index (χ3v) is 10.1. The topological polar surface area (TPSA) is 86.7 Å². The number of hydrogen-bond donors (Lipinski definition) is 0. The molecule has 0 bridgehead atoms. The van der Waals surface area contributed by atoms with Gasteiger partial charge < -0.3 is 8.37 Å². The molecule has 0 aliphatic carbocycles. The third kappa shape index (κ3) is 6.92. The molecule has 0 spiro atoms. The van der Waals surface area contributed by atoms with Gasteiger partial charge in [0.05, 0.1) is 0 Å². The fourth-order valence-electron chi connectivity index (χ4n) is 4.81. The lowest BCUT2D eigenvalue weighted by Gasteiger charge is -2.28. The lowest BCUT2D eigenvalue weighted by molar-refractivity contribution is 0.483. The van der Waals surface area contributed by atoms with Gasteiger partial charge in [-0.1, -0.05) is 86.7 Å². The molecule has 43 heavy (non-hydrogen) atoms. The van der Waals surface area contributed by atoms with E-state index in [-0.39, 0.29) is 21.3 Å². The predicted molar refractivity (Wildman–Crippen MR) is 172 cm³/mol. The van der Waals surface area contributed by atoms with Crippen LogP contribution in [-0.2, 0) is 25.7 Å². The molecule has 0 aliphatic heterocycles. The summed E-state index contributed by atoms with van der Waals surface area (Å²) >= 11 is 0. The zero-order valence-electron chi connectivity index (χ0n) is 25.2. The summed E-state index contributed by atoms with van der Waals surface area (Å²) in [5, 5.41) is 0. The third-order valence-electron chi connectivity index (χ3n) is 7.28. The smallest absolute Gasteiger partial charge is 0.339 e. The first-order valence-corrected chi connectivity index (χ1v) is 16.7. The molecule has 6 nitrogen and oxygen atoms in total. The van der Waals surface area contributed by atoms with E-state index >= 15 is 0 Å². The molecular formula is C35H36O6S2. The molecule has 0 saturated carbocycles. The van der Waals surface area contributed by atoms with Crippen molar-refractivity contribution in [1.82, 2.24) is 0 Å². The summed E-state index contributed by atoms with van der Waals surface area (Å²) in [4.78, 5) is 0.239. The van der Waals surface area contributed by atoms with Crippen LogP contribution in [0.15, 0.2) is 107 Å². The first-order valence-electron chi connectivity index (χ1n) is 13.8. The molecular weight excluding hydrogens is 581 g/mol. The van der Waals surface area contributed by atoms with Gasteiger partial charge in [0.25, 0.3) is 0 Å². The number of allylic oxidation sites excluding steroid dienone is 2. The van der Waals surface area contributed by atoms with Gasteiger partial charge >= 0.3 is 20.2 Å². The second-order valence-electron chi connectivity index (χ2n) is 10.7. The van der Waals surface area contributed by atoms with Crippen LogP contribution >= 0.6 is 0 Å². The van der Waals surface area contributed by atoms with Crippen LogP contribution in [0.5, 0.6) is 11.5 Å². The zero-order chi connectivity index (χ0) is 31.4. The van der Waals surface area contributed by atoms with Gasteiger partial charge in [-0.15, -0.1) is 0 Å². The average Bonchev–Trinajstić information content (AvgIpc) is 2.95. The van der Waals surface area contributed by atoms with Gasteiger partial charge in [-0.3, -0.25) is 0 Å². The minimum absolute atomic E-state index is 0.120. The molecule has 0 N–H and O–H groups in total. The van der Waals surface area contributed by atoms with Crippen molar-refractivity contribution in [3.8, 4) is 11.5 Å². The maximum absolute atomic E-state index is 13.1. The van der Waals surface area contributed by atoms with E-state index in [0.29, 0.717) is 22.3 Å². The highest BCUT2D eigenvalue weighted by Gasteiger charge is 2.27. The van der Waals surface area contributed by atoms with Gasteiger partial charge in [0.15, 0.2) is 0 Å². The van der Waals surface area contributed by atoms with Crippen molar-refractivity contribution < 1.29 is 25.2 Å². The van der Waals surface area contributed by atoms with Gasteiger partial charge in [-0.05, 0) is 86.3 Å². The molecule has 4 rings (SSSR count). The molecule has 0 amide bonds. The van der Waals surface area contributed by atoms with Crippen molar-refractivity contribution >= 4 is 32.4 Å². The van der Waals surface area contributed by atoms with E-state index in [4.69, 9.17) is 8.37 Å². The Balaban J connectivity index is 1.71. The summed E-state index contributed by atoms with van der Waals surface area (Å²) < 4.78 is 63.7. The Morgan fingerprint density at radius 3 is 1.30 bits per heavy atom. The highest BCUT2D eigenvalue weighted by atomic mass is 32.2. The van der Waals surface area contributed by atoms with Crippen LogP contribution in [0.3, 0.4) is 0 Å². The Morgan fingerprint density at radius 1 is 0.581 bits per heavy atom. The molecule has 0 atom stereocenters. The summed E-state index contributed by atoms with van der Waals surface area (Å²) in [6, 6.07) is 24.2. The molecule has 0 heterocycles. The monoisotopic (exact) mass is 616 g/mol. The Kier molecular flexibility index (Phi) is 9.32. The number of hydrogen-bond acceptors (Lipinski definition) is 6. The molecule has 0 aromatic heterocycles. The normalized spacial score (nSPS) is 12.6. The van der Waals surface area contributed by atoms with Crippen LogP contribution in [0.1, 0.15) is 61.1 Å². The second-order valence-corrected chi connectivity index (χ2v) is 13.8. The Bertz CT molecular complexity index is 1780. The van der Waals surface area contributed by atoms with E-state index in [1.54, 1.807) is 74.5 Å². The van der Waals surface area contributed by atoms with Crippen molar-refractivity contribution in [3.63, 3.8) is 0 Å².